The maximum absolute atomic E-state index is 2.99. The Bertz CT molecular complexity index is 108. The van der Waals surface area contributed by atoms with Crippen LogP contribution >= 0.6 is 11.8 Å². The third-order valence-corrected chi connectivity index (χ3v) is 2.12. The van der Waals surface area contributed by atoms with Gasteiger partial charge in [-0.2, -0.15) is 0 Å². The SMILES string of the molecule is CC#CSCCCCCC. The second kappa shape index (κ2) is 8.91. The summed E-state index contributed by atoms with van der Waals surface area (Å²) in [6, 6.07) is 0. The van der Waals surface area contributed by atoms with Gasteiger partial charge in [0.1, 0.15) is 0 Å². The van der Waals surface area contributed by atoms with Gasteiger partial charge in [-0.1, -0.05) is 43.9 Å². The van der Waals surface area contributed by atoms with Crippen molar-refractivity contribution in [3.05, 3.63) is 0 Å². The quantitative estimate of drug-likeness (QED) is 0.435. The van der Waals surface area contributed by atoms with Gasteiger partial charge in [-0.25, -0.2) is 0 Å². The molecule has 0 bridgehead atoms. The fourth-order valence-corrected chi connectivity index (χ4v) is 1.32. The molecule has 0 radical (unpaired) electrons. The Morgan fingerprint density at radius 2 is 2.00 bits per heavy atom. The molecule has 0 saturated heterocycles. The molecule has 0 rings (SSSR count). The first kappa shape index (κ1) is 9.91. The Morgan fingerprint density at radius 1 is 1.20 bits per heavy atom. The Labute approximate surface area is 68.8 Å². The number of hydrogen-bond donors (Lipinski definition) is 0. The van der Waals surface area contributed by atoms with Crippen molar-refractivity contribution in [2.24, 2.45) is 0 Å². The van der Waals surface area contributed by atoms with Crippen molar-refractivity contribution in [3.8, 4) is 11.2 Å². The smallest absolute Gasteiger partial charge is 0.00566 e. The molecular formula is C9H16S. The third kappa shape index (κ3) is 7.91. The molecule has 0 fully saturated rings. The summed E-state index contributed by atoms with van der Waals surface area (Å²) < 4.78 is 0. The fraction of sp³-hybridized carbons (Fsp3) is 0.778. The molecule has 0 aliphatic carbocycles. The fourth-order valence-electron chi connectivity index (χ4n) is 0.724. The van der Waals surface area contributed by atoms with E-state index in [1.165, 1.54) is 31.4 Å². The molecule has 0 aliphatic rings. The van der Waals surface area contributed by atoms with Crippen molar-refractivity contribution in [1.29, 1.82) is 0 Å². The molecule has 0 N–H and O–H groups in total. The molecule has 0 amide bonds. The lowest BCUT2D eigenvalue weighted by Gasteiger charge is -1.93. The van der Waals surface area contributed by atoms with Crippen LogP contribution in [-0.2, 0) is 0 Å². The molecule has 1 heteroatoms. The van der Waals surface area contributed by atoms with E-state index in [1.54, 1.807) is 11.8 Å². The Kier molecular flexibility index (Phi) is 8.83. The van der Waals surface area contributed by atoms with Gasteiger partial charge in [0, 0.05) is 5.75 Å². The average Bonchev–Trinajstić information content (AvgIpc) is 1.97. The summed E-state index contributed by atoms with van der Waals surface area (Å²) >= 11 is 1.74. The van der Waals surface area contributed by atoms with Crippen molar-refractivity contribution in [2.45, 2.75) is 39.5 Å². The van der Waals surface area contributed by atoms with E-state index in [1.807, 2.05) is 6.92 Å². The van der Waals surface area contributed by atoms with E-state index < -0.39 is 0 Å². The van der Waals surface area contributed by atoms with Crippen LogP contribution in [0.15, 0.2) is 0 Å². The Balaban J connectivity index is 2.82. The number of unbranched alkanes of at least 4 members (excludes halogenated alkanes) is 3. The van der Waals surface area contributed by atoms with Crippen LogP contribution in [0, 0.1) is 11.2 Å². The highest BCUT2D eigenvalue weighted by Crippen LogP contribution is 2.05. The molecule has 0 unspecified atom stereocenters. The van der Waals surface area contributed by atoms with Crippen LogP contribution in [0.1, 0.15) is 39.5 Å². The van der Waals surface area contributed by atoms with Crippen molar-refractivity contribution < 1.29 is 0 Å². The minimum absolute atomic E-state index is 1.21. The molecule has 10 heavy (non-hydrogen) atoms. The lowest BCUT2D eigenvalue weighted by atomic mass is 10.2. The van der Waals surface area contributed by atoms with Crippen LogP contribution in [0.4, 0.5) is 0 Å². The van der Waals surface area contributed by atoms with E-state index in [0.717, 1.165) is 0 Å². The topological polar surface area (TPSA) is 0 Å². The first-order valence-corrected chi connectivity index (χ1v) is 4.94. The zero-order valence-electron chi connectivity index (χ0n) is 6.94. The number of hydrogen-bond acceptors (Lipinski definition) is 1. The molecule has 0 nitrogen and oxygen atoms in total. The lowest BCUT2D eigenvalue weighted by Crippen LogP contribution is -1.77. The first-order chi connectivity index (χ1) is 4.91. The van der Waals surface area contributed by atoms with Gasteiger partial charge in [0.2, 0.25) is 0 Å². The van der Waals surface area contributed by atoms with Crippen LogP contribution in [0.3, 0.4) is 0 Å². The van der Waals surface area contributed by atoms with Gasteiger partial charge in [0.15, 0.2) is 0 Å². The van der Waals surface area contributed by atoms with Crippen molar-refractivity contribution in [3.63, 3.8) is 0 Å². The van der Waals surface area contributed by atoms with Crippen LogP contribution < -0.4 is 0 Å². The molecule has 58 valence electrons. The van der Waals surface area contributed by atoms with Crippen LogP contribution in [-0.4, -0.2) is 5.75 Å². The summed E-state index contributed by atoms with van der Waals surface area (Å²) in [5.41, 5.74) is 0. The second-order valence-electron chi connectivity index (χ2n) is 2.26. The second-order valence-corrected chi connectivity index (χ2v) is 3.16. The molecule has 0 aliphatic heterocycles. The van der Waals surface area contributed by atoms with Gasteiger partial charge in [-0.05, 0) is 18.6 Å². The average molecular weight is 156 g/mol. The van der Waals surface area contributed by atoms with E-state index in [-0.39, 0.29) is 0 Å². The predicted octanol–water partition coefficient (Wildman–Crippen LogP) is 3.28. The van der Waals surface area contributed by atoms with Crippen molar-refractivity contribution in [2.75, 3.05) is 5.75 Å². The molecule has 0 spiro atoms. The summed E-state index contributed by atoms with van der Waals surface area (Å²) in [5.74, 6) is 4.08. The lowest BCUT2D eigenvalue weighted by molar-refractivity contribution is 0.707. The van der Waals surface area contributed by atoms with Crippen LogP contribution in [0.5, 0.6) is 0 Å². The summed E-state index contributed by atoms with van der Waals surface area (Å²) in [6.07, 6.45) is 5.40. The van der Waals surface area contributed by atoms with Gasteiger partial charge in [0.05, 0.1) is 0 Å². The predicted molar refractivity (Wildman–Crippen MR) is 50.1 cm³/mol. The van der Waals surface area contributed by atoms with Crippen molar-refractivity contribution >= 4 is 11.8 Å². The van der Waals surface area contributed by atoms with Gasteiger partial charge in [0.25, 0.3) is 0 Å². The first-order valence-electron chi connectivity index (χ1n) is 3.95. The zero-order valence-corrected chi connectivity index (χ0v) is 7.76. The highest BCUT2D eigenvalue weighted by molar-refractivity contribution is 8.03. The van der Waals surface area contributed by atoms with Gasteiger partial charge in [-0.3, -0.25) is 0 Å². The summed E-state index contributed by atoms with van der Waals surface area (Å²) in [7, 11) is 0. The summed E-state index contributed by atoms with van der Waals surface area (Å²) in [6.45, 7) is 4.12. The molecule has 0 saturated carbocycles. The zero-order chi connectivity index (χ0) is 7.66. The van der Waals surface area contributed by atoms with Gasteiger partial charge in [-0.15, -0.1) is 0 Å². The van der Waals surface area contributed by atoms with Crippen molar-refractivity contribution in [1.82, 2.24) is 0 Å². The maximum atomic E-state index is 2.99. The largest absolute Gasteiger partial charge is 0.0947 e. The molecule has 0 aromatic rings. The summed E-state index contributed by atoms with van der Waals surface area (Å²) in [4.78, 5) is 0. The number of thioether (sulfide) groups is 1. The maximum Gasteiger partial charge on any atom is 0.00566 e. The highest BCUT2D eigenvalue weighted by Gasteiger charge is 1.85. The molecular weight excluding hydrogens is 140 g/mol. The molecule has 0 aromatic heterocycles. The van der Waals surface area contributed by atoms with Crippen LogP contribution in [0.25, 0.3) is 0 Å². The standard InChI is InChI=1S/C9H16S/c1-3-5-6-7-9-10-8-4-2/h3,5-7,9H2,1-2H3. The Morgan fingerprint density at radius 3 is 2.60 bits per heavy atom. The summed E-state index contributed by atoms with van der Waals surface area (Å²) in [5, 5.41) is 2.99. The van der Waals surface area contributed by atoms with E-state index in [2.05, 4.69) is 18.1 Å². The monoisotopic (exact) mass is 156 g/mol. The van der Waals surface area contributed by atoms with E-state index in [0.29, 0.717) is 0 Å². The number of rotatable bonds is 5. The minimum Gasteiger partial charge on any atom is -0.0947 e. The minimum atomic E-state index is 1.21. The van der Waals surface area contributed by atoms with Gasteiger partial charge < -0.3 is 0 Å². The van der Waals surface area contributed by atoms with Gasteiger partial charge >= 0.3 is 0 Å². The molecule has 0 atom stereocenters. The Hall–Kier alpha value is -0.0900. The highest BCUT2D eigenvalue weighted by atomic mass is 32.2. The van der Waals surface area contributed by atoms with E-state index in [9.17, 15) is 0 Å². The van der Waals surface area contributed by atoms with E-state index >= 15 is 0 Å². The normalized spacial score (nSPS) is 8.60. The van der Waals surface area contributed by atoms with Crippen LogP contribution in [0.2, 0.25) is 0 Å². The molecule has 0 heterocycles. The van der Waals surface area contributed by atoms with E-state index in [4.69, 9.17) is 0 Å². The molecule has 0 aromatic carbocycles. The third-order valence-electron chi connectivity index (χ3n) is 1.27.